The molecule has 82 valence electrons. The molecular weight excluding hydrogens is 227 g/mol. The average Bonchev–Trinajstić information content (AvgIpc) is 2.31. The molecule has 0 atom stereocenters. The van der Waals surface area contributed by atoms with Crippen LogP contribution >= 0.6 is 0 Å². The quantitative estimate of drug-likeness (QED) is 0.751. The van der Waals surface area contributed by atoms with Gasteiger partial charge in [-0.25, -0.2) is 12.8 Å². The van der Waals surface area contributed by atoms with E-state index in [1.165, 1.54) is 24.3 Å². The van der Waals surface area contributed by atoms with Gasteiger partial charge in [0.25, 0.3) is 0 Å². The Labute approximate surface area is 93.3 Å². The summed E-state index contributed by atoms with van der Waals surface area (Å²) in [6.07, 6.45) is 0. The van der Waals surface area contributed by atoms with E-state index >= 15 is 0 Å². The van der Waals surface area contributed by atoms with Gasteiger partial charge in [0.1, 0.15) is 5.82 Å². The van der Waals surface area contributed by atoms with Crippen molar-refractivity contribution in [1.82, 2.24) is 0 Å². The normalized spacial score (nSPS) is 11.3. The van der Waals surface area contributed by atoms with E-state index in [2.05, 4.69) is 0 Å². The standard InChI is InChI=1S/C12H9FO2S/c13-10-6-8-12(9-7-10)16(14,15)11-4-2-1-3-5-11/h1-9H. The Morgan fingerprint density at radius 3 is 1.81 bits per heavy atom. The lowest BCUT2D eigenvalue weighted by Gasteiger charge is -2.03. The van der Waals surface area contributed by atoms with E-state index in [0.29, 0.717) is 0 Å². The van der Waals surface area contributed by atoms with Crippen molar-refractivity contribution in [2.24, 2.45) is 0 Å². The largest absolute Gasteiger partial charge is 0.219 e. The molecular formula is C12H9FO2S. The van der Waals surface area contributed by atoms with Gasteiger partial charge < -0.3 is 0 Å². The highest BCUT2D eigenvalue weighted by molar-refractivity contribution is 7.91. The topological polar surface area (TPSA) is 34.1 Å². The molecule has 0 aliphatic carbocycles. The third kappa shape index (κ3) is 1.97. The Hall–Kier alpha value is -1.68. The Kier molecular flexibility index (Phi) is 2.75. The first kappa shape index (κ1) is 10.8. The summed E-state index contributed by atoms with van der Waals surface area (Å²) in [5, 5.41) is 0. The van der Waals surface area contributed by atoms with Gasteiger partial charge in [0, 0.05) is 0 Å². The number of benzene rings is 2. The second-order valence-corrected chi connectivity index (χ2v) is 5.22. The number of sulfone groups is 1. The van der Waals surface area contributed by atoms with Gasteiger partial charge in [-0.05, 0) is 36.4 Å². The summed E-state index contributed by atoms with van der Waals surface area (Å²) in [7, 11) is -3.52. The summed E-state index contributed by atoms with van der Waals surface area (Å²) < 4.78 is 36.7. The molecule has 0 N–H and O–H groups in total. The zero-order valence-electron chi connectivity index (χ0n) is 8.30. The molecule has 4 heteroatoms. The molecule has 0 bridgehead atoms. The van der Waals surface area contributed by atoms with Crippen molar-refractivity contribution in [3.8, 4) is 0 Å². The van der Waals surface area contributed by atoms with Crippen LogP contribution in [0, 0.1) is 5.82 Å². The minimum atomic E-state index is -3.52. The fraction of sp³-hybridized carbons (Fsp3) is 0. The van der Waals surface area contributed by atoms with E-state index in [1.54, 1.807) is 18.2 Å². The molecule has 2 aromatic carbocycles. The van der Waals surface area contributed by atoms with Crippen molar-refractivity contribution < 1.29 is 12.8 Å². The summed E-state index contributed by atoms with van der Waals surface area (Å²) in [5.41, 5.74) is 0. The van der Waals surface area contributed by atoms with Crippen LogP contribution in [0.5, 0.6) is 0 Å². The predicted octanol–water partition coefficient (Wildman–Crippen LogP) is 2.66. The van der Waals surface area contributed by atoms with Gasteiger partial charge in [-0.3, -0.25) is 0 Å². The molecule has 0 fully saturated rings. The molecule has 0 saturated heterocycles. The average molecular weight is 236 g/mol. The van der Waals surface area contributed by atoms with Gasteiger partial charge in [-0.2, -0.15) is 0 Å². The van der Waals surface area contributed by atoms with E-state index in [1.807, 2.05) is 0 Å². The van der Waals surface area contributed by atoms with Crippen molar-refractivity contribution in [2.75, 3.05) is 0 Å². The summed E-state index contributed by atoms with van der Waals surface area (Å²) in [5.74, 6) is -0.452. The second kappa shape index (κ2) is 4.06. The minimum Gasteiger partial charge on any atom is -0.219 e. The first-order chi connectivity index (χ1) is 7.60. The van der Waals surface area contributed by atoms with Gasteiger partial charge in [-0.15, -0.1) is 0 Å². The Bertz CT molecular complexity index is 574. The van der Waals surface area contributed by atoms with Crippen molar-refractivity contribution in [3.63, 3.8) is 0 Å². The summed E-state index contributed by atoms with van der Waals surface area (Å²) in [4.78, 5) is 0.307. The summed E-state index contributed by atoms with van der Waals surface area (Å²) in [6, 6.07) is 12.9. The molecule has 0 aromatic heterocycles. The number of hydrogen-bond acceptors (Lipinski definition) is 2. The first-order valence-electron chi connectivity index (χ1n) is 4.66. The van der Waals surface area contributed by atoms with Gasteiger partial charge in [0.15, 0.2) is 0 Å². The maximum absolute atomic E-state index is 12.7. The summed E-state index contributed by atoms with van der Waals surface area (Å²) in [6.45, 7) is 0. The number of rotatable bonds is 2. The Balaban J connectivity index is 2.52. The van der Waals surface area contributed by atoms with E-state index in [9.17, 15) is 12.8 Å². The molecule has 0 spiro atoms. The van der Waals surface area contributed by atoms with E-state index in [-0.39, 0.29) is 9.79 Å². The van der Waals surface area contributed by atoms with Gasteiger partial charge in [0.05, 0.1) is 9.79 Å². The highest BCUT2D eigenvalue weighted by Crippen LogP contribution is 2.20. The number of hydrogen-bond donors (Lipinski definition) is 0. The van der Waals surface area contributed by atoms with E-state index in [0.717, 1.165) is 12.1 Å². The smallest absolute Gasteiger partial charge is 0.206 e. The van der Waals surface area contributed by atoms with E-state index < -0.39 is 15.7 Å². The molecule has 0 aliphatic heterocycles. The molecule has 0 heterocycles. The zero-order chi connectivity index (χ0) is 11.6. The fourth-order valence-electron chi connectivity index (χ4n) is 1.35. The Morgan fingerprint density at radius 1 is 0.750 bits per heavy atom. The van der Waals surface area contributed by atoms with Crippen LogP contribution in [0.2, 0.25) is 0 Å². The van der Waals surface area contributed by atoms with Crippen molar-refractivity contribution in [3.05, 3.63) is 60.4 Å². The molecule has 2 nitrogen and oxygen atoms in total. The predicted molar refractivity (Wildman–Crippen MR) is 58.3 cm³/mol. The van der Waals surface area contributed by atoms with Crippen LogP contribution in [0.15, 0.2) is 64.4 Å². The SMILES string of the molecule is O=S(=O)(c1ccccc1)c1ccc(F)cc1. The van der Waals surface area contributed by atoms with Crippen LogP contribution in [0.1, 0.15) is 0 Å². The van der Waals surface area contributed by atoms with Crippen molar-refractivity contribution >= 4 is 9.84 Å². The van der Waals surface area contributed by atoms with Crippen LogP contribution in [0.3, 0.4) is 0 Å². The lowest BCUT2D eigenvalue weighted by Crippen LogP contribution is -2.01. The third-order valence-corrected chi connectivity index (χ3v) is 3.96. The maximum atomic E-state index is 12.7. The summed E-state index contributed by atoms with van der Waals surface area (Å²) >= 11 is 0. The molecule has 16 heavy (non-hydrogen) atoms. The minimum absolute atomic E-state index is 0.0973. The highest BCUT2D eigenvalue weighted by atomic mass is 32.2. The van der Waals surface area contributed by atoms with Gasteiger partial charge in [0.2, 0.25) is 9.84 Å². The van der Waals surface area contributed by atoms with Crippen molar-refractivity contribution in [2.45, 2.75) is 9.79 Å². The van der Waals surface area contributed by atoms with Gasteiger partial charge in [-0.1, -0.05) is 18.2 Å². The molecule has 0 amide bonds. The molecule has 0 aliphatic rings. The van der Waals surface area contributed by atoms with E-state index in [4.69, 9.17) is 0 Å². The zero-order valence-corrected chi connectivity index (χ0v) is 9.12. The van der Waals surface area contributed by atoms with Crippen LogP contribution in [-0.2, 0) is 9.84 Å². The van der Waals surface area contributed by atoms with Crippen molar-refractivity contribution in [1.29, 1.82) is 0 Å². The molecule has 0 saturated carbocycles. The maximum Gasteiger partial charge on any atom is 0.206 e. The lowest BCUT2D eigenvalue weighted by molar-refractivity contribution is 0.595. The molecule has 2 aromatic rings. The lowest BCUT2D eigenvalue weighted by atomic mass is 10.3. The van der Waals surface area contributed by atoms with Crippen LogP contribution < -0.4 is 0 Å². The van der Waals surface area contributed by atoms with Crippen LogP contribution in [0.25, 0.3) is 0 Å². The van der Waals surface area contributed by atoms with Gasteiger partial charge >= 0.3 is 0 Å². The van der Waals surface area contributed by atoms with Crippen LogP contribution in [0.4, 0.5) is 4.39 Å². The Morgan fingerprint density at radius 2 is 1.25 bits per heavy atom. The first-order valence-corrected chi connectivity index (χ1v) is 6.15. The number of halogens is 1. The van der Waals surface area contributed by atoms with Crippen LogP contribution in [-0.4, -0.2) is 8.42 Å². The third-order valence-electron chi connectivity index (χ3n) is 2.18. The molecule has 0 unspecified atom stereocenters. The molecule has 0 radical (unpaired) electrons. The molecule has 2 rings (SSSR count). The second-order valence-electron chi connectivity index (χ2n) is 3.27. The monoisotopic (exact) mass is 236 g/mol. The highest BCUT2D eigenvalue weighted by Gasteiger charge is 2.16. The fourth-order valence-corrected chi connectivity index (χ4v) is 2.63.